The van der Waals surface area contributed by atoms with E-state index in [4.69, 9.17) is 10.4 Å². The Kier molecular flexibility index (Phi) is 5.90. The number of hydrogen-bond acceptors (Lipinski definition) is 3. The Bertz CT molecular complexity index is 702. The first-order valence-electron chi connectivity index (χ1n) is 7.66. The quantitative estimate of drug-likeness (QED) is 0.847. The van der Waals surface area contributed by atoms with Crippen LogP contribution in [-0.4, -0.2) is 22.5 Å². The van der Waals surface area contributed by atoms with Crippen molar-refractivity contribution in [2.45, 2.75) is 26.4 Å². The maximum absolute atomic E-state index is 11.1. The van der Waals surface area contributed by atoms with Gasteiger partial charge in [0.15, 0.2) is 0 Å². The largest absolute Gasteiger partial charge is 0.478 e. The number of nitriles is 1. The van der Waals surface area contributed by atoms with Crippen LogP contribution in [0.15, 0.2) is 48.5 Å². The molecule has 0 saturated heterocycles. The van der Waals surface area contributed by atoms with Crippen molar-refractivity contribution in [1.29, 1.82) is 5.26 Å². The van der Waals surface area contributed by atoms with Crippen molar-refractivity contribution < 1.29 is 9.90 Å². The zero-order valence-electron chi connectivity index (χ0n) is 13.2. The Morgan fingerprint density at radius 3 is 2.43 bits per heavy atom. The molecule has 0 aromatic heterocycles. The minimum Gasteiger partial charge on any atom is -0.478 e. The molecule has 0 heterocycles. The van der Waals surface area contributed by atoms with Gasteiger partial charge in [-0.25, -0.2) is 4.79 Å². The summed E-state index contributed by atoms with van der Waals surface area (Å²) < 4.78 is 0. The van der Waals surface area contributed by atoms with E-state index in [1.54, 1.807) is 18.2 Å². The number of carbonyl (C=O) groups is 1. The fourth-order valence-corrected chi connectivity index (χ4v) is 2.53. The van der Waals surface area contributed by atoms with E-state index in [0.717, 1.165) is 30.6 Å². The van der Waals surface area contributed by atoms with E-state index in [2.05, 4.69) is 17.9 Å². The predicted molar refractivity (Wildman–Crippen MR) is 89.0 cm³/mol. The van der Waals surface area contributed by atoms with Crippen LogP contribution in [0.4, 0.5) is 0 Å². The van der Waals surface area contributed by atoms with E-state index < -0.39 is 5.97 Å². The number of nitrogens with zero attached hydrogens (tertiary/aromatic N) is 2. The summed E-state index contributed by atoms with van der Waals surface area (Å²) in [5.74, 6) is -0.902. The first-order valence-corrected chi connectivity index (χ1v) is 7.66. The van der Waals surface area contributed by atoms with E-state index in [9.17, 15) is 4.79 Å². The Hall–Kier alpha value is -2.64. The molecule has 0 radical (unpaired) electrons. The maximum Gasteiger partial charge on any atom is 0.335 e. The molecule has 118 valence electrons. The highest BCUT2D eigenvalue weighted by Crippen LogP contribution is 2.13. The van der Waals surface area contributed by atoms with E-state index in [1.807, 2.05) is 30.3 Å². The molecular formula is C19H20N2O2. The molecule has 0 aliphatic carbocycles. The third-order valence-electron chi connectivity index (χ3n) is 3.61. The summed E-state index contributed by atoms with van der Waals surface area (Å²) in [6.07, 6.45) is 1.02. The molecule has 0 bridgehead atoms. The van der Waals surface area contributed by atoms with Gasteiger partial charge in [-0.3, -0.25) is 4.90 Å². The zero-order chi connectivity index (χ0) is 16.7. The molecule has 0 amide bonds. The van der Waals surface area contributed by atoms with Crippen molar-refractivity contribution >= 4 is 5.97 Å². The molecule has 0 fully saturated rings. The summed E-state index contributed by atoms with van der Waals surface area (Å²) in [4.78, 5) is 13.4. The molecule has 0 spiro atoms. The van der Waals surface area contributed by atoms with Gasteiger partial charge in [0, 0.05) is 13.1 Å². The van der Waals surface area contributed by atoms with Crippen LogP contribution in [0.5, 0.6) is 0 Å². The highest BCUT2D eigenvalue weighted by Gasteiger charge is 2.09. The van der Waals surface area contributed by atoms with Gasteiger partial charge >= 0.3 is 5.97 Å². The number of carboxylic acids is 1. The Labute approximate surface area is 136 Å². The van der Waals surface area contributed by atoms with Crippen molar-refractivity contribution in [1.82, 2.24) is 4.90 Å². The van der Waals surface area contributed by atoms with Crippen LogP contribution in [0, 0.1) is 11.3 Å². The van der Waals surface area contributed by atoms with Gasteiger partial charge in [0.25, 0.3) is 0 Å². The molecule has 0 atom stereocenters. The molecule has 0 saturated carbocycles. The number of rotatable bonds is 7. The Morgan fingerprint density at radius 1 is 1.13 bits per heavy atom. The summed E-state index contributed by atoms with van der Waals surface area (Å²) in [7, 11) is 0. The fourth-order valence-electron chi connectivity index (χ4n) is 2.53. The summed E-state index contributed by atoms with van der Waals surface area (Å²) in [6, 6.07) is 16.8. The lowest BCUT2D eigenvalue weighted by Crippen LogP contribution is -2.23. The molecule has 2 aromatic carbocycles. The van der Waals surface area contributed by atoms with Crippen molar-refractivity contribution in [3.63, 3.8) is 0 Å². The number of hydrogen-bond donors (Lipinski definition) is 1. The van der Waals surface area contributed by atoms with Crippen molar-refractivity contribution in [3.8, 4) is 6.07 Å². The van der Waals surface area contributed by atoms with Crippen LogP contribution >= 0.6 is 0 Å². The minimum atomic E-state index is -0.902. The molecule has 4 nitrogen and oxygen atoms in total. The van der Waals surface area contributed by atoms with Crippen LogP contribution in [0.3, 0.4) is 0 Å². The predicted octanol–water partition coefficient (Wildman–Crippen LogP) is 3.67. The van der Waals surface area contributed by atoms with Crippen LogP contribution < -0.4 is 0 Å². The van der Waals surface area contributed by atoms with Gasteiger partial charge in [-0.15, -0.1) is 0 Å². The molecule has 0 unspecified atom stereocenters. The van der Waals surface area contributed by atoms with Gasteiger partial charge in [-0.1, -0.05) is 31.2 Å². The zero-order valence-corrected chi connectivity index (χ0v) is 13.2. The summed E-state index contributed by atoms with van der Waals surface area (Å²) in [6.45, 7) is 4.53. The number of carboxylic acid groups (broad SMARTS) is 1. The van der Waals surface area contributed by atoms with Gasteiger partial charge in [-0.2, -0.15) is 5.26 Å². The van der Waals surface area contributed by atoms with E-state index in [0.29, 0.717) is 17.7 Å². The average Bonchev–Trinajstić information content (AvgIpc) is 2.56. The molecule has 0 aliphatic rings. The topological polar surface area (TPSA) is 64.3 Å². The monoisotopic (exact) mass is 308 g/mol. The normalized spacial score (nSPS) is 10.5. The third kappa shape index (κ3) is 4.94. The fraction of sp³-hybridized carbons (Fsp3) is 0.263. The Morgan fingerprint density at radius 2 is 1.83 bits per heavy atom. The van der Waals surface area contributed by atoms with Crippen LogP contribution in [-0.2, 0) is 13.1 Å². The van der Waals surface area contributed by atoms with Crippen molar-refractivity contribution in [2.24, 2.45) is 0 Å². The maximum atomic E-state index is 11.1. The van der Waals surface area contributed by atoms with Crippen molar-refractivity contribution in [3.05, 3.63) is 70.8 Å². The summed E-state index contributed by atoms with van der Waals surface area (Å²) in [5.41, 5.74) is 3.11. The molecule has 1 N–H and O–H groups in total. The molecule has 0 aliphatic heterocycles. The average molecular weight is 308 g/mol. The molecule has 4 heteroatoms. The highest BCUT2D eigenvalue weighted by atomic mass is 16.4. The van der Waals surface area contributed by atoms with Crippen LogP contribution in [0.2, 0.25) is 0 Å². The smallest absolute Gasteiger partial charge is 0.335 e. The second kappa shape index (κ2) is 8.11. The van der Waals surface area contributed by atoms with Gasteiger partial charge in [-0.05, 0) is 48.4 Å². The SMILES string of the molecule is CCCN(Cc1ccc(C#N)cc1)Cc1cccc(C(=O)O)c1. The first-order chi connectivity index (χ1) is 11.1. The van der Waals surface area contributed by atoms with E-state index in [-0.39, 0.29) is 0 Å². The third-order valence-corrected chi connectivity index (χ3v) is 3.61. The lowest BCUT2D eigenvalue weighted by Gasteiger charge is -2.22. The van der Waals surface area contributed by atoms with Gasteiger partial charge in [0.2, 0.25) is 0 Å². The van der Waals surface area contributed by atoms with Crippen LogP contribution in [0.1, 0.15) is 40.4 Å². The lowest BCUT2D eigenvalue weighted by atomic mass is 10.1. The number of benzene rings is 2. The summed E-state index contributed by atoms with van der Waals surface area (Å²) >= 11 is 0. The summed E-state index contributed by atoms with van der Waals surface area (Å²) in [5, 5.41) is 17.9. The van der Waals surface area contributed by atoms with E-state index in [1.165, 1.54) is 0 Å². The Balaban J connectivity index is 2.10. The lowest BCUT2D eigenvalue weighted by molar-refractivity contribution is 0.0696. The first kappa shape index (κ1) is 16.7. The number of aromatic carboxylic acids is 1. The standard InChI is InChI=1S/C19H20N2O2/c1-2-10-21(13-16-8-6-15(12-20)7-9-16)14-17-4-3-5-18(11-17)19(22)23/h3-9,11H,2,10,13-14H2,1H3,(H,22,23). The second-order valence-corrected chi connectivity index (χ2v) is 5.52. The second-order valence-electron chi connectivity index (χ2n) is 5.52. The molecule has 2 aromatic rings. The van der Waals surface area contributed by atoms with Gasteiger partial charge < -0.3 is 5.11 Å². The van der Waals surface area contributed by atoms with E-state index >= 15 is 0 Å². The minimum absolute atomic E-state index is 0.317. The molecule has 2 rings (SSSR count). The van der Waals surface area contributed by atoms with Gasteiger partial charge in [0.1, 0.15) is 0 Å². The highest BCUT2D eigenvalue weighted by molar-refractivity contribution is 5.87. The van der Waals surface area contributed by atoms with Gasteiger partial charge in [0.05, 0.1) is 17.2 Å². The molecular weight excluding hydrogens is 288 g/mol. The van der Waals surface area contributed by atoms with Crippen molar-refractivity contribution in [2.75, 3.05) is 6.54 Å². The van der Waals surface area contributed by atoms with Crippen LogP contribution in [0.25, 0.3) is 0 Å². The molecule has 23 heavy (non-hydrogen) atoms.